The van der Waals surface area contributed by atoms with Crippen molar-refractivity contribution in [2.24, 2.45) is 31.2 Å². The van der Waals surface area contributed by atoms with Crippen LogP contribution in [0, 0.1) is 5.53 Å². The Kier molecular flexibility index (Phi) is 4.06. The first kappa shape index (κ1) is 12.1. The van der Waals surface area contributed by atoms with E-state index < -0.39 is 0 Å². The molecule has 0 spiro atoms. The zero-order chi connectivity index (χ0) is 13.3. The molecule has 0 bridgehead atoms. The molecule has 2 aromatic heterocycles. The maximum Gasteiger partial charge on any atom is 0.189 e. The molecule has 2 rings (SSSR count). The van der Waals surface area contributed by atoms with E-state index in [-0.39, 0.29) is 0 Å². The van der Waals surface area contributed by atoms with Gasteiger partial charge < -0.3 is 0 Å². The molecule has 0 unspecified atom stereocenters. The fourth-order valence-electron chi connectivity index (χ4n) is 0.909. The Balaban J connectivity index is 2.19. The van der Waals surface area contributed by atoms with Crippen molar-refractivity contribution in [3.8, 4) is 0 Å². The second-order valence-corrected chi connectivity index (χ2v) is 2.74. The van der Waals surface area contributed by atoms with Gasteiger partial charge in [0.15, 0.2) is 12.1 Å². The van der Waals surface area contributed by atoms with Crippen LogP contribution in [-0.4, -0.2) is 30.2 Å². The predicted molar refractivity (Wildman–Crippen MR) is 54.7 cm³/mol. The summed E-state index contributed by atoms with van der Waals surface area (Å²) in [6.45, 7) is 0. The van der Waals surface area contributed by atoms with Crippen LogP contribution in [0.15, 0.2) is 62.0 Å². The zero-order valence-electron chi connectivity index (χ0n) is 9.25. The van der Waals surface area contributed by atoms with Crippen LogP contribution < -0.4 is 0 Å². The zero-order valence-corrected chi connectivity index (χ0v) is 9.25. The smallest absolute Gasteiger partial charge is 0.189 e. The second kappa shape index (κ2) is 6.38. The van der Waals surface area contributed by atoms with Gasteiger partial charge in [0.25, 0.3) is 0 Å². The Bertz CT molecular complexity index is 595. The van der Waals surface area contributed by atoms with Crippen LogP contribution in [0.25, 0.3) is 0 Å². The molecule has 2 heterocycles. The van der Waals surface area contributed by atoms with Crippen molar-refractivity contribution >= 4 is 5.82 Å². The van der Waals surface area contributed by atoms with Gasteiger partial charge in [-0.2, -0.15) is 5.53 Å². The number of rotatable bonds is 5. The van der Waals surface area contributed by atoms with Gasteiger partial charge in [0.05, 0.1) is 15.4 Å². The third-order valence-electron chi connectivity index (χ3n) is 1.60. The van der Waals surface area contributed by atoms with Crippen molar-refractivity contribution < 1.29 is 4.92 Å². The van der Waals surface area contributed by atoms with E-state index in [0.29, 0.717) is 5.82 Å². The van der Waals surface area contributed by atoms with Crippen molar-refractivity contribution in [3.05, 3.63) is 30.7 Å². The van der Waals surface area contributed by atoms with Crippen LogP contribution in [0.5, 0.6) is 0 Å². The van der Waals surface area contributed by atoms with Crippen molar-refractivity contribution in [2.45, 2.75) is 0 Å². The first-order valence-electron chi connectivity index (χ1n) is 4.73. The lowest BCUT2D eigenvalue weighted by molar-refractivity contribution is -0.671. The summed E-state index contributed by atoms with van der Waals surface area (Å²) in [5.41, 5.74) is 6.50. The van der Waals surface area contributed by atoms with Crippen LogP contribution >= 0.6 is 0 Å². The molecule has 0 atom stereocenters. The summed E-state index contributed by atoms with van der Waals surface area (Å²) < 4.78 is 0. The minimum absolute atomic E-state index is 0.366. The molecule has 0 aliphatic carbocycles. The number of nitrogens with one attached hydrogen (secondary N) is 1. The third-order valence-corrected chi connectivity index (χ3v) is 1.60. The molecule has 0 aliphatic rings. The van der Waals surface area contributed by atoms with Gasteiger partial charge in [-0.05, 0) is 16.9 Å². The van der Waals surface area contributed by atoms with Crippen LogP contribution in [0.4, 0.5) is 5.82 Å². The quantitative estimate of drug-likeness (QED) is 0.488. The molecule has 0 saturated carbocycles. The molecule has 13 heteroatoms. The number of hydrogen-bond donors (Lipinski definition) is 1. The summed E-state index contributed by atoms with van der Waals surface area (Å²) in [4.78, 5) is 5.70. The Morgan fingerprint density at radius 1 is 1.26 bits per heavy atom. The molecule has 1 N–H and O–H groups in total. The number of pyridine rings is 1. The first-order chi connectivity index (χ1) is 9.40. The van der Waals surface area contributed by atoms with E-state index in [9.17, 15) is 0 Å². The van der Waals surface area contributed by atoms with Gasteiger partial charge in [0, 0.05) is 16.6 Å². The van der Waals surface area contributed by atoms with Crippen LogP contribution in [0.1, 0.15) is 0 Å². The molecule has 94 valence electrons. The summed E-state index contributed by atoms with van der Waals surface area (Å²) in [7, 11) is 0. The minimum Gasteiger partial charge on any atom is -0.235 e. The summed E-state index contributed by atoms with van der Waals surface area (Å²) in [5, 5.41) is 30.2. The molecular formula is C6H6N13+. The van der Waals surface area contributed by atoms with E-state index in [2.05, 4.69) is 51.7 Å². The third kappa shape index (κ3) is 3.55. The van der Waals surface area contributed by atoms with Crippen molar-refractivity contribution in [2.75, 3.05) is 0 Å². The summed E-state index contributed by atoms with van der Waals surface area (Å²) in [6.07, 6.45) is 2.76. The number of nitrogens with zero attached hydrogens (tertiary/aromatic N) is 12. The number of hydrogen-bond acceptors (Lipinski definition) is 6. The van der Waals surface area contributed by atoms with Crippen LogP contribution in [0.3, 0.4) is 0 Å². The second-order valence-electron chi connectivity index (χ2n) is 2.74. The Morgan fingerprint density at radius 2 is 2.21 bits per heavy atom. The average molecular weight is 260 g/mol. The summed E-state index contributed by atoms with van der Waals surface area (Å²) >= 11 is 0. The SMILES string of the molecule is N=NN=N[N+](=NN=Nc1ccccn1)n1cnnn1. The topological polar surface area (TPSA) is 158 Å². The number of aromatic nitrogens is 5. The van der Waals surface area contributed by atoms with E-state index in [4.69, 9.17) is 5.53 Å². The Hall–Kier alpha value is -3.38. The van der Waals surface area contributed by atoms with E-state index in [1.807, 2.05) is 0 Å². The highest BCUT2D eigenvalue weighted by atomic mass is 15.9. The maximum atomic E-state index is 6.50. The van der Waals surface area contributed by atoms with Crippen molar-refractivity contribution in [3.63, 3.8) is 0 Å². The molecule has 13 nitrogen and oxygen atoms in total. The minimum atomic E-state index is 0.366. The van der Waals surface area contributed by atoms with Crippen LogP contribution in [-0.2, 0) is 0 Å². The summed E-state index contributed by atoms with van der Waals surface area (Å²) in [6, 6.07) is 5.13. The molecule has 0 radical (unpaired) electrons. The molecular weight excluding hydrogens is 254 g/mol. The van der Waals surface area contributed by atoms with Gasteiger partial charge >= 0.3 is 0 Å². The highest BCUT2D eigenvalue weighted by Gasteiger charge is 2.05. The fourth-order valence-corrected chi connectivity index (χ4v) is 0.909. The molecule has 2 aromatic rings. The lowest BCUT2D eigenvalue weighted by Crippen LogP contribution is -2.11. The molecule has 0 saturated heterocycles. The van der Waals surface area contributed by atoms with E-state index >= 15 is 0 Å². The van der Waals surface area contributed by atoms with E-state index in [1.54, 1.807) is 24.4 Å². The maximum absolute atomic E-state index is 6.50. The molecule has 19 heavy (non-hydrogen) atoms. The van der Waals surface area contributed by atoms with Crippen molar-refractivity contribution in [1.82, 2.24) is 25.3 Å². The monoisotopic (exact) mass is 260 g/mol. The molecule has 0 aliphatic heterocycles. The van der Waals surface area contributed by atoms with Crippen LogP contribution in [0.2, 0.25) is 0 Å². The van der Waals surface area contributed by atoms with Gasteiger partial charge in [-0.25, -0.2) is 4.98 Å². The summed E-state index contributed by atoms with van der Waals surface area (Å²) in [5.74, 6) is 0.366. The lowest BCUT2D eigenvalue weighted by Gasteiger charge is -1.87. The first-order valence-corrected chi connectivity index (χ1v) is 4.73. The lowest BCUT2D eigenvalue weighted by atomic mass is 10.5. The molecule has 0 amide bonds. The van der Waals surface area contributed by atoms with Gasteiger partial charge in [0.1, 0.15) is 15.7 Å². The highest BCUT2D eigenvalue weighted by Crippen LogP contribution is 2.05. The van der Waals surface area contributed by atoms with Gasteiger partial charge in [-0.3, -0.25) is 0 Å². The average Bonchev–Trinajstić information content (AvgIpc) is 2.98. The van der Waals surface area contributed by atoms with Gasteiger partial charge in [0.2, 0.25) is 0 Å². The predicted octanol–water partition coefficient (Wildman–Crippen LogP) is 1.31. The molecule has 0 fully saturated rings. The van der Waals surface area contributed by atoms with Gasteiger partial charge in [-0.15, -0.1) is 5.10 Å². The number of tetrazole rings is 1. The fraction of sp³-hybridized carbons (Fsp3) is 0. The highest BCUT2D eigenvalue weighted by molar-refractivity contribution is 5.23. The Labute approximate surface area is 104 Å². The van der Waals surface area contributed by atoms with Crippen molar-refractivity contribution in [1.29, 1.82) is 5.53 Å². The van der Waals surface area contributed by atoms with E-state index in [0.717, 1.165) is 9.71 Å². The Morgan fingerprint density at radius 3 is 2.89 bits per heavy atom. The van der Waals surface area contributed by atoms with E-state index in [1.165, 1.54) is 6.33 Å². The normalized spacial score (nSPS) is 12.3. The standard InChI is InChI=1S/C6H6N13/c7-11-14-17-19(18-5-9-12-15-18)16-13-10-6-3-1-2-4-8-6/h1-5,7H/q+1. The molecule has 0 aromatic carbocycles. The largest absolute Gasteiger partial charge is 0.235 e. The van der Waals surface area contributed by atoms with Gasteiger partial charge in [-0.1, -0.05) is 11.2 Å².